The number of hydrogen-bond donors (Lipinski definition) is 2. The van der Waals surface area contributed by atoms with E-state index < -0.39 is 0 Å². The molecule has 0 spiro atoms. The average molecular weight is 501 g/mol. The lowest BCUT2D eigenvalue weighted by atomic mass is 9.91. The number of benzene rings is 2. The van der Waals surface area contributed by atoms with Gasteiger partial charge in [0.25, 0.3) is 0 Å². The molecule has 7 nitrogen and oxygen atoms in total. The molecule has 2 aromatic carbocycles. The van der Waals surface area contributed by atoms with E-state index in [0.29, 0.717) is 24.5 Å². The standard InChI is InChI=1S/C30H36N4O3/c1-4-36-24-14-15-25-26(16-24)34(23-6-5-7-23)29(27(25)28-18(2)17-31-33-28)21-10-12-22(13-11-21)32-30(35)37-19(3)20-8-9-20/h10-16,18-20,23,31H,4-9,17H2,1-3H3,(H,32,35). The topological polar surface area (TPSA) is 76.9 Å². The highest BCUT2D eigenvalue weighted by Gasteiger charge is 2.33. The Morgan fingerprint density at radius 1 is 1.16 bits per heavy atom. The highest BCUT2D eigenvalue weighted by molar-refractivity contribution is 6.17. The summed E-state index contributed by atoms with van der Waals surface area (Å²) in [6.45, 7) is 7.70. The maximum Gasteiger partial charge on any atom is 0.411 e. The summed E-state index contributed by atoms with van der Waals surface area (Å²) in [5.41, 5.74) is 9.74. The summed E-state index contributed by atoms with van der Waals surface area (Å²) in [4.78, 5) is 12.4. The summed E-state index contributed by atoms with van der Waals surface area (Å²) in [7, 11) is 0. The first-order valence-electron chi connectivity index (χ1n) is 13.7. The van der Waals surface area contributed by atoms with Crippen molar-refractivity contribution in [2.45, 2.75) is 65.0 Å². The molecule has 0 bridgehead atoms. The highest BCUT2D eigenvalue weighted by Crippen LogP contribution is 2.45. The van der Waals surface area contributed by atoms with Crippen LogP contribution in [0.4, 0.5) is 10.5 Å². The Morgan fingerprint density at radius 3 is 2.57 bits per heavy atom. The fraction of sp³-hybridized carbons (Fsp3) is 0.467. The van der Waals surface area contributed by atoms with Gasteiger partial charge in [-0.2, -0.15) is 5.10 Å². The lowest BCUT2D eigenvalue weighted by Crippen LogP contribution is -2.21. The minimum atomic E-state index is -0.389. The van der Waals surface area contributed by atoms with Gasteiger partial charge in [0.15, 0.2) is 0 Å². The number of carbonyl (C=O) groups is 1. The quantitative estimate of drug-likeness (QED) is 0.360. The molecular formula is C30H36N4O3. The Kier molecular flexibility index (Phi) is 6.31. The molecule has 2 saturated carbocycles. The van der Waals surface area contributed by atoms with Crippen LogP contribution in [0.15, 0.2) is 47.6 Å². The molecule has 0 saturated heterocycles. The van der Waals surface area contributed by atoms with E-state index in [-0.39, 0.29) is 12.2 Å². The number of carbonyl (C=O) groups excluding carboxylic acids is 1. The van der Waals surface area contributed by atoms with Crippen molar-refractivity contribution in [3.63, 3.8) is 0 Å². The molecule has 1 amide bonds. The summed E-state index contributed by atoms with van der Waals surface area (Å²) >= 11 is 0. The van der Waals surface area contributed by atoms with Crippen LogP contribution >= 0.6 is 0 Å². The summed E-state index contributed by atoms with van der Waals surface area (Å²) in [5.74, 6) is 1.72. The monoisotopic (exact) mass is 500 g/mol. The van der Waals surface area contributed by atoms with Gasteiger partial charge in [-0.05, 0) is 81.7 Å². The molecule has 2 heterocycles. The number of anilines is 1. The van der Waals surface area contributed by atoms with Gasteiger partial charge in [0.05, 0.1) is 23.5 Å². The van der Waals surface area contributed by atoms with Crippen molar-refractivity contribution in [3.8, 4) is 17.0 Å². The highest BCUT2D eigenvalue weighted by atomic mass is 16.6. The van der Waals surface area contributed by atoms with E-state index >= 15 is 0 Å². The SMILES string of the molecule is CCOc1ccc2c(C3=NNCC3C)c(-c3ccc(NC(=O)OC(C)C4CC4)cc3)n(C3CCC3)c2c1. The van der Waals surface area contributed by atoms with Gasteiger partial charge < -0.3 is 19.5 Å². The van der Waals surface area contributed by atoms with Gasteiger partial charge in [-0.1, -0.05) is 19.1 Å². The molecule has 194 valence electrons. The van der Waals surface area contributed by atoms with Crippen LogP contribution in [-0.2, 0) is 4.74 Å². The van der Waals surface area contributed by atoms with E-state index in [4.69, 9.17) is 14.6 Å². The van der Waals surface area contributed by atoms with Crippen LogP contribution in [0.1, 0.15) is 64.5 Å². The molecular weight excluding hydrogens is 464 g/mol. The van der Waals surface area contributed by atoms with Crippen molar-refractivity contribution < 1.29 is 14.3 Å². The summed E-state index contributed by atoms with van der Waals surface area (Å²) in [5, 5.41) is 8.86. The van der Waals surface area contributed by atoms with Crippen molar-refractivity contribution in [3.05, 3.63) is 48.0 Å². The Bertz CT molecular complexity index is 1340. The molecule has 6 rings (SSSR count). The second-order valence-electron chi connectivity index (χ2n) is 10.7. The largest absolute Gasteiger partial charge is 0.494 e. The third-order valence-corrected chi connectivity index (χ3v) is 8.03. The van der Waals surface area contributed by atoms with Gasteiger partial charge in [0, 0.05) is 41.2 Å². The number of fused-ring (bicyclic) bond motifs is 1. The number of rotatable bonds is 8. The van der Waals surface area contributed by atoms with Crippen LogP contribution in [0.2, 0.25) is 0 Å². The van der Waals surface area contributed by atoms with Gasteiger partial charge in [-0.3, -0.25) is 5.32 Å². The van der Waals surface area contributed by atoms with Crippen LogP contribution in [0.3, 0.4) is 0 Å². The second kappa shape index (κ2) is 9.77. The number of nitrogens with one attached hydrogen (secondary N) is 2. The van der Waals surface area contributed by atoms with Gasteiger partial charge in [0.1, 0.15) is 11.9 Å². The molecule has 2 aliphatic carbocycles. The Balaban J connectivity index is 1.41. The minimum Gasteiger partial charge on any atom is -0.494 e. The third kappa shape index (κ3) is 4.56. The first-order valence-corrected chi connectivity index (χ1v) is 13.7. The molecule has 2 N–H and O–H groups in total. The Hall–Kier alpha value is -3.48. The second-order valence-corrected chi connectivity index (χ2v) is 10.7. The third-order valence-electron chi connectivity index (χ3n) is 8.03. The summed E-state index contributed by atoms with van der Waals surface area (Å²) in [6, 6.07) is 15.0. The van der Waals surface area contributed by atoms with E-state index in [1.165, 1.54) is 41.4 Å². The predicted molar refractivity (Wildman–Crippen MR) is 147 cm³/mol. The number of hydrogen-bond acceptors (Lipinski definition) is 5. The molecule has 1 aromatic heterocycles. The lowest BCUT2D eigenvalue weighted by molar-refractivity contribution is 0.108. The average Bonchev–Trinajstić information content (AvgIpc) is 3.56. The van der Waals surface area contributed by atoms with Crippen molar-refractivity contribution in [2.75, 3.05) is 18.5 Å². The predicted octanol–water partition coefficient (Wildman–Crippen LogP) is 6.72. The van der Waals surface area contributed by atoms with Crippen LogP contribution in [0.5, 0.6) is 5.75 Å². The van der Waals surface area contributed by atoms with Gasteiger partial charge >= 0.3 is 6.09 Å². The van der Waals surface area contributed by atoms with Crippen LogP contribution in [-0.4, -0.2) is 35.6 Å². The molecule has 2 atom stereocenters. The van der Waals surface area contributed by atoms with E-state index in [0.717, 1.165) is 42.1 Å². The minimum absolute atomic E-state index is 0.0376. The number of nitrogens with zero attached hydrogens (tertiary/aromatic N) is 2. The first-order chi connectivity index (χ1) is 18.0. The van der Waals surface area contributed by atoms with Gasteiger partial charge in [-0.25, -0.2) is 4.79 Å². The van der Waals surface area contributed by atoms with Crippen molar-refractivity contribution in [2.24, 2.45) is 16.9 Å². The van der Waals surface area contributed by atoms with Crippen molar-refractivity contribution in [1.82, 2.24) is 9.99 Å². The fourth-order valence-electron chi connectivity index (χ4n) is 5.58. The molecule has 0 radical (unpaired) electrons. The number of hydrazone groups is 1. The smallest absolute Gasteiger partial charge is 0.411 e. The molecule has 3 aromatic rings. The summed E-state index contributed by atoms with van der Waals surface area (Å²) in [6.07, 6.45) is 5.44. The maximum atomic E-state index is 12.4. The first kappa shape index (κ1) is 23.9. The molecule has 3 aliphatic rings. The van der Waals surface area contributed by atoms with Gasteiger partial charge in [-0.15, -0.1) is 0 Å². The van der Waals surface area contributed by atoms with Crippen LogP contribution < -0.4 is 15.5 Å². The molecule has 7 heteroatoms. The van der Waals surface area contributed by atoms with Gasteiger partial charge in [0.2, 0.25) is 0 Å². The number of amides is 1. The Morgan fingerprint density at radius 2 is 1.95 bits per heavy atom. The summed E-state index contributed by atoms with van der Waals surface area (Å²) < 4.78 is 14.0. The van der Waals surface area contributed by atoms with Crippen LogP contribution in [0, 0.1) is 11.8 Å². The maximum absolute atomic E-state index is 12.4. The molecule has 1 aliphatic heterocycles. The molecule has 2 fully saturated rings. The van der Waals surface area contributed by atoms with E-state index in [9.17, 15) is 4.79 Å². The zero-order valence-electron chi connectivity index (χ0n) is 21.9. The fourth-order valence-corrected chi connectivity index (χ4v) is 5.58. The number of ether oxygens (including phenoxy) is 2. The normalized spacial score (nSPS) is 20.2. The lowest BCUT2D eigenvalue weighted by Gasteiger charge is -2.30. The number of aromatic nitrogens is 1. The zero-order valence-corrected chi connectivity index (χ0v) is 21.9. The zero-order chi connectivity index (χ0) is 25.5. The molecule has 37 heavy (non-hydrogen) atoms. The Labute approximate surface area is 218 Å². The van der Waals surface area contributed by atoms with E-state index in [1.54, 1.807) is 0 Å². The molecule has 2 unspecified atom stereocenters. The van der Waals surface area contributed by atoms with Crippen LogP contribution in [0.25, 0.3) is 22.2 Å². The van der Waals surface area contributed by atoms with Crippen molar-refractivity contribution in [1.29, 1.82) is 0 Å². The van der Waals surface area contributed by atoms with E-state index in [2.05, 4.69) is 52.6 Å². The van der Waals surface area contributed by atoms with Crippen molar-refractivity contribution >= 4 is 28.4 Å². The van der Waals surface area contributed by atoms with E-state index in [1.807, 2.05) is 26.0 Å².